The molecule has 2 rings (SSSR count). The molecule has 0 fully saturated rings. The van der Waals surface area contributed by atoms with Gasteiger partial charge in [-0.05, 0) is 6.08 Å². The van der Waals surface area contributed by atoms with Gasteiger partial charge >= 0.3 is 0 Å². The molecule has 0 spiro atoms. The molecule has 1 atom stereocenters. The van der Waals surface area contributed by atoms with Crippen LogP contribution in [0.15, 0.2) is 33.9 Å². The van der Waals surface area contributed by atoms with Crippen LogP contribution in [-0.2, 0) is 4.79 Å². The predicted octanol–water partition coefficient (Wildman–Crippen LogP) is 1.58. The lowest BCUT2D eigenvalue weighted by atomic mass is 9.98. The van der Waals surface area contributed by atoms with Crippen LogP contribution in [0.2, 0.25) is 0 Å². The topological polar surface area (TPSA) is 41.8 Å². The number of halogens is 2. The molecule has 0 aromatic carbocycles. The maximum absolute atomic E-state index is 10.5. The summed E-state index contributed by atoms with van der Waals surface area (Å²) in [6, 6.07) is 0. The Labute approximate surface area is 88.2 Å². The summed E-state index contributed by atoms with van der Waals surface area (Å²) >= 11 is 0. The third kappa shape index (κ3) is 2.05. The number of hydrogen-bond donors (Lipinski definition) is 0. The minimum Gasteiger partial charge on any atom is -0.302 e. The predicted molar refractivity (Wildman–Crippen MR) is 57.2 cm³/mol. The van der Waals surface area contributed by atoms with E-state index in [1.54, 1.807) is 0 Å². The number of fused-ring (bicyclic) bond motifs is 1. The molecule has 0 aromatic heterocycles. The largest absolute Gasteiger partial charge is 0.302 e. The van der Waals surface area contributed by atoms with Gasteiger partial charge in [0.2, 0.25) is 0 Å². The summed E-state index contributed by atoms with van der Waals surface area (Å²) in [6.45, 7) is 0. The van der Waals surface area contributed by atoms with Gasteiger partial charge in [-0.3, -0.25) is 0 Å². The van der Waals surface area contributed by atoms with Gasteiger partial charge in [-0.25, -0.2) is 9.98 Å². The van der Waals surface area contributed by atoms with Crippen molar-refractivity contribution in [2.24, 2.45) is 15.9 Å². The summed E-state index contributed by atoms with van der Waals surface area (Å²) < 4.78 is 0. The Morgan fingerprint density at radius 2 is 2.15 bits per heavy atom. The van der Waals surface area contributed by atoms with Crippen molar-refractivity contribution in [2.75, 3.05) is 0 Å². The first-order valence-electron chi connectivity index (χ1n) is 3.36. The molecule has 1 aliphatic heterocycles. The zero-order valence-electron chi connectivity index (χ0n) is 6.58. The Balaban J connectivity index is 0.000000720. The highest BCUT2D eigenvalue weighted by molar-refractivity contribution is 6.16. The summed E-state index contributed by atoms with van der Waals surface area (Å²) in [7, 11) is 0. The van der Waals surface area contributed by atoms with E-state index in [0.29, 0.717) is 0 Å². The Morgan fingerprint density at radius 3 is 2.85 bits per heavy atom. The number of carbonyl (C=O) groups is 1. The molecule has 0 saturated heterocycles. The molecule has 2 aliphatic rings. The van der Waals surface area contributed by atoms with Gasteiger partial charge in [-0.2, -0.15) is 0 Å². The molecule has 0 N–H and O–H groups in total. The molecule has 0 amide bonds. The molecule has 1 aliphatic carbocycles. The number of carbonyl (C=O) groups excluding carboxylic acids is 1. The van der Waals surface area contributed by atoms with Crippen molar-refractivity contribution >= 4 is 43.2 Å². The van der Waals surface area contributed by atoms with Crippen LogP contribution in [0.4, 0.5) is 0 Å². The summed E-state index contributed by atoms with van der Waals surface area (Å²) in [4.78, 5) is 18.4. The lowest BCUT2D eigenvalue weighted by molar-refractivity contribution is -0.108. The van der Waals surface area contributed by atoms with Crippen molar-refractivity contribution in [3.05, 3.63) is 23.9 Å². The van der Waals surface area contributed by atoms with Crippen LogP contribution in [0.25, 0.3) is 0 Å². The van der Waals surface area contributed by atoms with E-state index in [0.717, 1.165) is 17.7 Å². The van der Waals surface area contributed by atoms with Crippen LogP contribution < -0.4 is 0 Å². The fourth-order valence-electron chi connectivity index (χ4n) is 1.14. The summed E-state index contributed by atoms with van der Waals surface area (Å²) in [5.41, 5.74) is 1.58. The molecule has 13 heavy (non-hydrogen) atoms. The maximum atomic E-state index is 10.5. The molecule has 70 valence electrons. The smallest absolute Gasteiger partial charge is 0.132 e. The van der Waals surface area contributed by atoms with E-state index >= 15 is 0 Å². The van der Waals surface area contributed by atoms with E-state index in [1.165, 1.54) is 6.34 Å². The van der Waals surface area contributed by atoms with Crippen LogP contribution in [0.3, 0.4) is 0 Å². The number of aliphatic imine (C=N–C) groups is 2. The summed E-state index contributed by atoms with van der Waals surface area (Å²) in [5.74, 6) is -0.197. The molecule has 0 bridgehead atoms. The van der Waals surface area contributed by atoms with Crippen molar-refractivity contribution in [3.8, 4) is 0 Å². The van der Waals surface area contributed by atoms with Crippen LogP contribution in [0, 0.1) is 5.92 Å². The first kappa shape index (κ1) is 12.1. The summed E-state index contributed by atoms with van der Waals surface area (Å²) in [5, 5.41) is 0. The van der Waals surface area contributed by atoms with Gasteiger partial charge in [0.05, 0.1) is 17.3 Å². The van der Waals surface area contributed by atoms with Crippen molar-refractivity contribution in [1.82, 2.24) is 0 Å². The minimum atomic E-state index is -0.197. The van der Waals surface area contributed by atoms with Crippen molar-refractivity contribution in [3.63, 3.8) is 0 Å². The highest BCUT2D eigenvalue weighted by Gasteiger charge is 2.20. The molecule has 0 saturated carbocycles. The zero-order chi connectivity index (χ0) is 7.68. The van der Waals surface area contributed by atoms with Crippen LogP contribution in [-0.4, -0.2) is 18.3 Å². The van der Waals surface area contributed by atoms with E-state index < -0.39 is 0 Å². The second-order valence-electron chi connectivity index (χ2n) is 2.36. The second-order valence-corrected chi connectivity index (χ2v) is 2.36. The van der Waals surface area contributed by atoms with Gasteiger partial charge in [0.15, 0.2) is 0 Å². The Hall–Kier alpha value is -0.930. The highest BCUT2D eigenvalue weighted by atomic mass is 35.5. The van der Waals surface area contributed by atoms with Gasteiger partial charge in [-0.1, -0.05) is 12.2 Å². The standard InChI is InChI=1S/C8H6N2O.2ClH/c11-4-6-2-1-3-7-8(6)10-5-9-7;;/h1-6H;2*1H. The molecule has 1 heterocycles. The van der Waals surface area contributed by atoms with Crippen molar-refractivity contribution in [1.29, 1.82) is 0 Å². The van der Waals surface area contributed by atoms with Gasteiger partial charge in [0, 0.05) is 0 Å². The Morgan fingerprint density at radius 1 is 1.38 bits per heavy atom. The van der Waals surface area contributed by atoms with Crippen molar-refractivity contribution < 1.29 is 4.79 Å². The summed E-state index contributed by atoms with van der Waals surface area (Å²) in [6.07, 6.45) is 7.84. The second kappa shape index (κ2) is 4.94. The fraction of sp³-hybridized carbons (Fsp3) is 0.125. The average molecular weight is 219 g/mol. The zero-order valence-corrected chi connectivity index (χ0v) is 8.22. The SMILES string of the molecule is Cl.Cl.O=CC1C=CC=C2N=CN=C21. The monoisotopic (exact) mass is 218 g/mol. The van der Waals surface area contributed by atoms with Crippen LogP contribution in [0.5, 0.6) is 0 Å². The number of rotatable bonds is 1. The third-order valence-electron chi connectivity index (χ3n) is 1.69. The van der Waals surface area contributed by atoms with Crippen LogP contribution in [0.1, 0.15) is 0 Å². The normalized spacial score (nSPS) is 22.0. The van der Waals surface area contributed by atoms with Gasteiger partial charge in [-0.15, -0.1) is 24.8 Å². The molecule has 0 aromatic rings. The molecule has 3 nitrogen and oxygen atoms in total. The maximum Gasteiger partial charge on any atom is 0.132 e. The lowest BCUT2D eigenvalue weighted by Crippen LogP contribution is -2.15. The molecule has 1 unspecified atom stereocenters. The van der Waals surface area contributed by atoms with E-state index in [4.69, 9.17) is 0 Å². The van der Waals surface area contributed by atoms with Crippen LogP contribution >= 0.6 is 24.8 Å². The molecular weight excluding hydrogens is 211 g/mol. The number of allylic oxidation sites excluding steroid dienone is 4. The van der Waals surface area contributed by atoms with Gasteiger partial charge in [0.25, 0.3) is 0 Å². The van der Waals surface area contributed by atoms with E-state index in [2.05, 4.69) is 9.98 Å². The van der Waals surface area contributed by atoms with E-state index in [1.807, 2.05) is 18.2 Å². The number of hydrogen-bond acceptors (Lipinski definition) is 3. The Kier molecular flexibility index (Phi) is 4.59. The van der Waals surface area contributed by atoms with Crippen molar-refractivity contribution in [2.45, 2.75) is 0 Å². The number of nitrogens with zero attached hydrogens (tertiary/aromatic N) is 2. The lowest BCUT2D eigenvalue weighted by Gasteiger charge is -2.08. The highest BCUT2D eigenvalue weighted by Crippen LogP contribution is 2.18. The third-order valence-corrected chi connectivity index (χ3v) is 1.69. The molecule has 0 radical (unpaired) electrons. The van der Waals surface area contributed by atoms with E-state index in [9.17, 15) is 4.79 Å². The van der Waals surface area contributed by atoms with Gasteiger partial charge in [0.1, 0.15) is 12.6 Å². The first-order chi connectivity index (χ1) is 5.42. The fourth-order valence-corrected chi connectivity index (χ4v) is 1.14. The number of aldehydes is 1. The minimum absolute atomic E-state index is 0. The Bertz CT molecular complexity index is 318. The molecular formula is C8H8Cl2N2O. The quantitative estimate of drug-likeness (QED) is 0.617. The average Bonchev–Trinajstić information content (AvgIpc) is 2.50. The van der Waals surface area contributed by atoms with E-state index in [-0.39, 0.29) is 30.7 Å². The molecule has 5 heteroatoms. The first-order valence-corrected chi connectivity index (χ1v) is 3.36. The van der Waals surface area contributed by atoms with Gasteiger partial charge < -0.3 is 4.79 Å².